The molecule has 0 aliphatic carbocycles. The molecular weight excluding hydrogens is 454 g/mol. The normalized spacial score (nSPS) is 14.5. The van der Waals surface area contributed by atoms with E-state index < -0.39 is 16.0 Å². The summed E-state index contributed by atoms with van der Waals surface area (Å²) in [5.41, 5.74) is 1.68. The number of aromatic nitrogens is 2. The molecule has 178 valence electrons. The van der Waals surface area contributed by atoms with Crippen LogP contribution in [0, 0.1) is 0 Å². The molecule has 3 aromatic rings. The van der Waals surface area contributed by atoms with Gasteiger partial charge in [-0.15, -0.1) is 0 Å². The molecule has 2 N–H and O–H groups in total. The number of aromatic carboxylic acids is 1. The number of rotatable bonds is 7. The highest BCUT2D eigenvalue weighted by molar-refractivity contribution is 7.92. The number of hydrogen-bond donors (Lipinski definition) is 2. The lowest BCUT2D eigenvalue weighted by molar-refractivity contribution is 0.0698. The molecule has 9 nitrogen and oxygen atoms in total. The topological polar surface area (TPSA) is 116 Å². The lowest BCUT2D eigenvalue weighted by atomic mass is 10.1. The van der Waals surface area contributed by atoms with Gasteiger partial charge in [-0.2, -0.15) is 0 Å². The molecule has 2 aromatic carbocycles. The average Bonchev–Trinajstić information content (AvgIpc) is 3.11. The molecule has 0 spiro atoms. The van der Waals surface area contributed by atoms with Crippen molar-refractivity contribution in [3.8, 4) is 0 Å². The summed E-state index contributed by atoms with van der Waals surface area (Å²) in [7, 11) is -3.92. The minimum Gasteiger partial charge on any atom is -0.478 e. The number of sulfonamides is 1. The Hall–Kier alpha value is -3.66. The summed E-state index contributed by atoms with van der Waals surface area (Å²) in [5, 5.41) is 9.79. The van der Waals surface area contributed by atoms with Gasteiger partial charge in [0.15, 0.2) is 0 Å². The fourth-order valence-electron chi connectivity index (χ4n) is 3.93. The predicted octanol–water partition coefficient (Wildman–Crippen LogP) is 3.25. The molecule has 0 amide bonds. The maximum absolute atomic E-state index is 12.8. The second-order valence-corrected chi connectivity index (χ2v) is 9.70. The Labute approximate surface area is 199 Å². The Bertz CT molecular complexity index is 1250. The van der Waals surface area contributed by atoms with Crippen molar-refractivity contribution in [1.82, 2.24) is 9.97 Å². The highest BCUT2D eigenvalue weighted by Gasteiger charge is 2.22. The van der Waals surface area contributed by atoms with E-state index in [4.69, 9.17) is 0 Å². The van der Waals surface area contributed by atoms with Gasteiger partial charge in [-0.25, -0.2) is 23.2 Å². The molecule has 4 rings (SSSR count). The van der Waals surface area contributed by atoms with Crippen molar-refractivity contribution in [2.45, 2.75) is 24.7 Å². The SMILES string of the molecule is CCc1ccc(S(=O)(=O)Nc2ccc(N3CCCN(c4ncccn4)CC3)cc2C(=O)O)cc1. The van der Waals surface area contributed by atoms with Crippen LogP contribution in [0.5, 0.6) is 0 Å². The zero-order valence-electron chi connectivity index (χ0n) is 18.9. The molecule has 1 fully saturated rings. The third kappa shape index (κ3) is 5.28. The van der Waals surface area contributed by atoms with Crippen LogP contribution in [0.15, 0.2) is 65.8 Å². The fourth-order valence-corrected chi connectivity index (χ4v) is 5.01. The third-order valence-corrected chi connectivity index (χ3v) is 7.20. The standard InChI is InChI=1S/C24H27N5O4S/c1-2-18-5-8-20(9-6-18)34(32,33)27-22-10-7-19(17-21(22)23(30)31)28-13-4-14-29(16-15-28)24-25-11-3-12-26-24/h3,5-12,17,27H,2,4,13-16H2,1H3,(H,30,31). The van der Waals surface area contributed by atoms with E-state index in [0.29, 0.717) is 19.0 Å². The van der Waals surface area contributed by atoms with Gasteiger partial charge in [-0.3, -0.25) is 4.72 Å². The van der Waals surface area contributed by atoms with Gasteiger partial charge in [0.1, 0.15) is 0 Å². The van der Waals surface area contributed by atoms with E-state index in [9.17, 15) is 18.3 Å². The average molecular weight is 482 g/mol. The van der Waals surface area contributed by atoms with E-state index in [1.807, 2.05) is 6.92 Å². The van der Waals surface area contributed by atoms with Crippen LogP contribution in [0.4, 0.5) is 17.3 Å². The van der Waals surface area contributed by atoms with Gasteiger partial charge in [-0.1, -0.05) is 19.1 Å². The first kappa shape index (κ1) is 23.5. The smallest absolute Gasteiger partial charge is 0.337 e. The van der Waals surface area contributed by atoms with Crippen molar-refractivity contribution in [3.63, 3.8) is 0 Å². The van der Waals surface area contributed by atoms with Crippen molar-refractivity contribution in [1.29, 1.82) is 0 Å². The lowest BCUT2D eigenvalue weighted by Gasteiger charge is -2.24. The zero-order valence-corrected chi connectivity index (χ0v) is 19.7. The molecule has 0 saturated carbocycles. The summed E-state index contributed by atoms with van der Waals surface area (Å²) in [6.45, 7) is 4.86. The number of carboxylic acid groups (broad SMARTS) is 1. The molecule has 1 aromatic heterocycles. The number of anilines is 3. The molecule has 2 heterocycles. The lowest BCUT2D eigenvalue weighted by Crippen LogP contribution is -2.31. The second kappa shape index (κ2) is 10.1. The Morgan fingerprint density at radius 1 is 1.00 bits per heavy atom. The highest BCUT2D eigenvalue weighted by atomic mass is 32.2. The second-order valence-electron chi connectivity index (χ2n) is 8.01. The van der Waals surface area contributed by atoms with Crippen molar-refractivity contribution in [3.05, 3.63) is 72.1 Å². The fraction of sp³-hybridized carbons (Fsp3) is 0.292. The van der Waals surface area contributed by atoms with Gasteiger partial charge in [0.25, 0.3) is 10.0 Å². The van der Waals surface area contributed by atoms with Crippen molar-refractivity contribution >= 4 is 33.3 Å². The van der Waals surface area contributed by atoms with Gasteiger partial charge in [0.2, 0.25) is 5.95 Å². The van der Waals surface area contributed by atoms with E-state index >= 15 is 0 Å². The summed E-state index contributed by atoms with van der Waals surface area (Å²) in [5.74, 6) is -0.526. The largest absolute Gasteiger partial charge is 0.478 e. The quantitative estimate of drug-likeness (QED) is 0.528. The molecule has 0 atom stereocenters. The number of aryl methyl sites for hydroxylation is 1. The van der Waals surface area contributed by atoms with Gasteiger partial charge in [0, 0.05) is 44.3 Å². The molecule has 0 unspecified atom stereocenters. The first-order chi connectivity index (χ1) is 16.4. The first-order valence-corrected chi connectivity index (χ1v) is 12.6. The number of carbonyl (C=O) groups is 1. The van der Waals surface area contributed by atoms with Gasteiger partial charge in [-0.05, 0) is 54.8 Å². The van der Waals surface area contributed by atoms with Crippen molar-refractivity contribution < 1.29 is 18.3 Å². The van der Waals surface area contributed by atoms with E-state index in [2.05, 4.69) is 24.5 Å². The first-order valence-electron chi connectivity index (χ1n) is 11.1. The van der Waals surface area contributed by atoms with Crippen LogP contribution in [0.3, 0.4) is 0 Å². The van der Waals surface area contributed by atoms with Crippen LogP contribution in [0.25, 0.3) is 0 Å². The summed E-state index contributed by atoms with van der Waals surface area (Å²) < 4.78 is 28.1. The minimum atomic E-state index is -3.92. The summed E-state index contributed by atoms with van der Waals surface area (Å²) in [4.78, 5) is 24.9. The zero-order chi connectivity index (χ0) is 24.1. The Morgan fingerprint density at radius 3 is 2.35 bits per heavy atom. The number of nitrogens with one attached hydrogen (secondary N) is 1. The van der Waals surface area contributed by atoms with E-state index in [1.165, 1.54) is 24.3 Å². The van der Waals surface area contributed by atoms with Crippen LogP contribution >= 0.6 is 0 Å². The predicted molar refractivity (Wildman–Crippen MR) is 131 cm³/mol. The van der Waals surface area contributed by atoms with Crippen LogP contribution in [0.1, 0.15) is 29.3 Å². The number of carboxylic acids is 1. The Kier molecular flexibility index (Phi) is 6.97. The van der Waals surface area contributed by atoms with Crippen molar-refractivity contribution in [2.24, 2.45) is 0 Å². The molecule has 0 radical (unpaired) electrons. The molecule has 0 bridgehead atoms. The number of nitrogens with zero attached hydrogens (tertiary/aromatic N) is 4. The summed E-state index contributed by atoms with van der Waals surface area (Å²) in [6, 6.07) is 13.1. The third-order valence-electron chi connectivity index (χ3n) is 5.82. The number of hydrogen-bond acceptors (Lipinski definition) is 7. The minimum absolute atomic E-state index is 0.0324. The molecule has 10 heteroatoms. The molecule has 1 aliphatic heterocycles. The highest BCUT2D eigenvalue weighted by Crippen LogP contribution is 2.27. The van der Waals surface area contributed by atoms with Gasteiger partial charge < -0.3 is 14.9 Å². The summed E-state index contributed by atoms with van der Waals surface area (Å²) >= 11 is 0. The van der Waals surface area contributed by atoms with E-state index in [1.54, 1.807) is 36.7 Å². The van der Waals surface area contributed by atoms with Crippen molar-refractivity contribution in [2.75, 3.05) is 40.7 Å². The molecular formula is C24H27N5O4S. The maximum atomic E-state index is 12.8. The monoisotopic (exact) mass is 481 g/mol. The maximum Gasteiger partial charge on any atom is 0.337 e. The Morgan fingerprint density at radius 2 is 1.68 bits per heavy atom. The van der Waals surface area contributed by atoms with Crippen LogP contribution < -0.4 is 14.5 Å². The number of benzene rings is 2. The van der Waals surface area contributed by atoms with E-state index in [0.717, 1.165) is 37.2 Å². The molecule has 34 heavy (non-hydrogen) atoms. The van der Waals surface area contributed by atoms with Crippen LogP contribution in [-0.4, -0.2) is 55.6 Å². The van der Waals surface area contributed by atoms with Gasteiger partial charge >= 0.3 is 5.97 Å². The van der Waals surface area contributed by atoms with Crippen LogP contribution in [-0.2, 0) is 16.4 Å². The van der Waals surface area contributed by atoms with Crippen LogP contribution in [0.2, 0.25) is 0 Å². The van der Waals surface area contributed by atoms with Gasteiger partial charge in [0.05, 0.1) is 16.1 Å². The molecule has 1 aliphatic rings. The Balaban J connectivity index is 1.54. The summed E-state index contributed by atoms with van der Waals surface area (Å²) in [6.07, 6.45) is 5.07. The molecule has 1 saturated heterocycles. The van der Waals surface area contributed by atoms with E-state index in [-0.39, 0.29) is 16.1 Å².